The Balaban J connectivity index is 1.76. The van der Waals surface area contributed by atoms with Crippen LogP contribution in [0.25, 0.3) is 11.4 Å². The Labute approximate surface area is 109 Å². The molecule has 0 aliphatic rings. The van der Waals surface area contributed by atoms with Gasteiger partial charge in [0.2, 0.25) is 0 Å². The molecule has 0 amide bonds. The fourth-order valence-electron chi connectivity index (χ4n) is 1.86. The second kappa shape index (κ2) is 5.10. The summed E-state index contributed by atoms with van der Waals surface area (Å²) in [6, 6.07) is 4.09. The summed E-state index contributed by atoms with van der Waals surface area (Å²) in [5, 5.41) is 2.02. The van der Waals surface area contributed by atoms with Crippen LogP contribution in [0.4, 0.5) is 0 Å². The van der Waals surface area contributed by atoms with E-state index in [4.69, 9.17) is 0 Å². The average Bonchev–Trinajstić information content (AvgIpc) is 3.08. The molecule has 0 aromatic carbocycles. The lowest BCUT2D eigenvalue weighted by Gasteiger charge is -2.06. The maximum absolute atomic E-state index is 4.39. The molecule has 0 radical (unpaired) electrons. The maximum atomic E-state index is 4.39. The van der Waals surface area contributed by atoms with Gasteiger partial charge in [-0.25, -0.2) is 9.36 Å². The van der Waals surface area contributed by atoms with Gasteiger partial charge >= 0.3 is 0 Å². The van der Waals surface area contributed by atoms with E-state index in [-0.39, 0.29) is 0 Å². The van der Waals surface area contributed by atoms with Crippen molar-refractivity contribution in [1.82, 2.24) is 18.9 Å². The SMILES string of the molecule is c1cc(CCn2ccnc2-c2cnsc2)ccn1. The molecule has 0 aliphatic carbocycles. The maximum Gasteiger partial charge on any atom is 0.142 e. The Bertz CT molecular complexity index is 601. The van der Waals surface area contributed by atoms with Crippen molar-refractivity contribution in [2.45, 2.75) is 13.0 Å². The van der Waals surface area contributed by atoms with E-state index in [0.29, 0.717) is 0 Å². The zero-order chi connectivity index (χ0) is 12.2. The molecule has 0 saturated carbocycles. The highest BCUT2D eigenvalue weighted by Crippen LogP contribution is 2.18. The molecule has 3 rings (SSSR count). The lowest BCUT2D eigenvalue weighted by molar-refractivity contribution is 0.702. The fraction of sp³-hybridized carbons (Fsp3) is 0.154. The van der Waals surface area contributed by atoms with E-state index in [1.54, 1.807) is 0 Å². The van der Waals surface area contributed by atoms with Crippen LogP contribution in [0.5, 0.6) is 0 Å². The molecule has 3 heterocycles. The Kier molecular flexibility index (Phi) is 3.14. The molecule has 0 bridgehead atoms. The fourth-order valence-corrected chi connectivity index (χ4v) is 2.38. The summed E-state index contributed by atoms with van der Waals surface area (Å²) in [6.45, 7) is 0.912. The number of aromatic nitrogens is 4. The van der Waals surface area contributed by atoms with E-state index in [2.05, 4.69) is 18.9 Å². The predicted molar refractivity (Wildman–Crippen MR) is 71.3 cm³/mol. The Hall–Kier alpha value is -2.01. The van der Waals surface area contributed by atoms with Gasteiger partial charge in [0, 0.05) is 42.3 Å². The second-order valence-electron chi connectivity index (χ2n) is 3.96. The zero-order valence-electron chi connectivity index (χ0n) is 9.73. The molecule has 0 atom stereocenters. The van der Waals surface area contributed by atoms with Crippen LogP contribution in [0.1, 0.15) is 5.56 Å². The van der Waals surface area contributed by atoms with E-state index in [9.17, 15) is 0 Å². The first-order chi connectivity index (χ1) is 8.93. The topological polar surface area (TPSA) is 43.6 Å². The smallest absolute Gasteiger partial charge is 0.142 e. The Morgan fingerprint density at radius 2 is 2.06 bits per heavy atom. The highest BCUT2D eigenvalue weighted by molar-refractivity contribution is 7.03. The standard InChI is InChI=1S/C13H12N4S/c1-4-14-5-2-11(1)3-7-17-8-6-15-13(17)12-9-16-18-10-12/h1-2,4-6,8-10H,3,7H2. The molecule has 3 aromatic rings. The minimum Gasteiger partial charge on any atom is -0.331 e. The highest BCUT2D eigenvalue weighted by Gasteiger charge is 2.06. The monoisotopic (exact) mass is 256 g/mol. The molecule has 4 nitrogen and oxygen atoms in total. The average molecular weight is 256 g/mol. The van der Waals surface area contributed by atoms with Crippen LogP contribution in [-0.4, -0.2) is 18.9 Å². The van der Waals surface area contributed by atoms with Crippen LogP contribution in [0.2, 0.25) is 0 Å². The normalized spacial score (nSPS) is 10.7. The first kappa shape index (κ1) is 11.1. The molecular weight excluding hydrogens is 244 g/mol. The summed E-state index contributed by atoms with van der Waals surface area (Å²) >= 11 is 1.45. The third-order valence-electron chi connectivity index (χ3n) is 2.80. The number of pyridine rings is 1. The van der Waals surface area contributed by atoms with E-state index in [0.717, 1.165) is 24.4 Å². The lowest BCUT2D eigenvalue weighted by Crippen LogP contribution is -2.02. The van der Waals surface area contributed by atoms with Gasteiger partial charge in [0.05, 0.1) is 6.20 Å². The summed E-state index contributed by atoms with van der Waals surface area (Å²) in [7, 11) is 0. The summed E-state index contributed by atoms with van der Waals surface area (Å²) < 4.78 is 6.27. The lowest BCUT2D eigenvalue weighted by atomic mass is 10.2. The quantitative estimate of drug-likeness (QED) is 0.720. The van der Waals surface area contributed by atoms with E-state index in [1.807, 2.05) is 48.5 Å². The molecule has 5 heteroatoms. The van der Waals surface area contributed by atoms with Crippen molar-refractivity contribution in [2.75, 3.05) is 0 Å². The van der Waals surface area contributed by atoms with Crippen LogP contribution in [0.3, 0.4) is 0 Å². The van der Waals surface area contributed by atoms with Gasteiger partial charge in [-0.2, -0.15) is 0 Å². The van der Waals surface area contributed by atoms with Crippen molar-refractivity contribution in [3.63, 3.8) is 0 Å². The largest absolute Gasteiger partial charge is 0.331 e. The number of nitrogens with zero attached hydrogens (tertiary/aromatic N) is 4. The minimum absolute atomic E-state index is 0.912. The first-order valence-electron chi connectivity index (χ1n) is 5.73. The summed E-state index contributed by atoms with van der Waals surface area (Å²) in [6.07, 6.45) is 10.3. The van der Waals surface area contributed by atoms with Gasteiger partial charge in [-0.05, 0) is 35.6 Å². The Morgan fingerprint density at radius 1 is 1.17 bits per heavy atom. The number of aryl methyl sites for hydroxylation is 2. The van der Waals surface area contributed by atoms with Crippen molar-refractivity contribution >= 4 is 11.5 Å². The second-order valence-corrected chi connectivity index (χ2v) is 4.62. The van der Waals surface area contributed by atoms with Crippen molar-refractivity contribution in [3.8, 4) is 11.4 Å². The van der Waals surface area contributed by atoms with E-state index >= 15 is 0 Å². The van der Waals surface area contributed by atoms with Gasteiger partial charge in [-0.1, -0.05) is 0 Å². The number of hydrogen-bond acceptors (Lipinski definition) is 4. The van der Waals surface area contributed by atoms with Crippen molar-refractivity contribution < 1.29 is 0 Å². The summed E-state index contributed by atoms with van der Waals surface area (Å²) in [5.41, 5.74) is 2.37. The number of hydrogen-bond donors (Lipinski definition) is 0. The molecule has 0 saturated heterocycles. The molecule has 0 fully saturated rings. The van der Waals surface area contributed by atoms with E-state index in [1.165, 1.54) is 17.1 Å². The number of rotatable bonds is 4. The zero-order valence-corrected chi connectivity index (χ0v) is 10.5. The number of imidazole rings is 1. The third-order valence-corrected chi connectivity index (χ3v) is 3.38. The summed E-state index contributed by atoms with van der Waals surface area (Å²) in [4.78, 5) is 8.41. The van der Waals surface area contributed by atoms with Crippen LogP contribution >= 0.6 is 11.5 Å². The first-order valence-corrected chi connectivity index (χ1v) is 6.57. The van der Waals surface area contributed by atoms with Gasteiger partial charge in [0.1, 0.15) is 5.82 Å². The van der Waals surface area contributed by atoms with Crippen molar-refractivity contribution in [2.24, 2.45) is 0 Å². The third kappa shape index (κ3) is 2.31. The molecule has 90 valence electrons. The van der Waals surface area contributed by atoms with Gasteiger partial charge < -0.3 is 4.57 Å². The molecule has 0 spiro atoms. The summed E-state index contributed by atoms with van der Waals surface area (Å²) in [5.74, 6) is 0.984. The van der Waals surface area contributed by atoms with Gasteiger partial charge in [0.25, 0.3) is 0 Å². The Morgan fingerprint density at radius 3 is 2.83 bits per heavy atom. The van der Waals surface area contributed by atoms with Crippen LogP contribution in [-0.2, 0) is 13.0 Å². The molecular formula is C13H12N4S. The molecule has 18 heavy (non-hydrogen) atoms. The molecule has 0 N–H and O–H groups in total. The van der Waals surface area contributed by atoms with Gasteiger partial charge in [-0.3, -0.25) is 4.98 Å². The van der Waals surface area contributed by atoms with Crippen molar-refractivity contribution in [3.05, 3.63) is 54.1 Å². The van der Waals surface area contributed by atoms with Crippen LogP contribution < -0.4 is 0 Å². The van der Waals surface area contributed by atoms with Gasteiger partial charge in [0.15, 0.2) is 0 Å². The minimum atomic E-state index is 0.912. The predicted octanol–water partition coefficient (Wildman–Crippen LogP) is 2.64. The molecule has 0 aliphatic heterocycles. The molecule has 3 aromatic heterocycles. The van der Waals surface area contributed by atoms with Crippen LogP contribution in [0.15, 0.2) is 48.5 Å². The highest BCUT2D eigenvalue weighted by atomic mass is 32.1. The van der Waals surface area contributed by atoms with Crippen molar-refractivity contribution in [1.29, 1.82) is 0 Å². The van der Waals surface area contributed by atoms with Gasteiger partial charge in [-0.15, -0.1) is 0 Å². The van der Waals surface area contributed by atoms with E-state index < -0.39 is 0 Å². The molecule has 0 unspecified atom stereocenters. The van der Waals surface area contributed by atoms with Crippen LogP contribution in [0, 0.1) is 0 Å².